The number of hydrogen-bond acceptors (Lipinski definition) is 4. The Bertz CT molecular complexity index is 641. The van der Waals surface area contributed by atoms with E-state index in [1.165, 1.54) is 0 Å². The Morgan fingerprint density at radius 3 is 1.87 bits per heavy atom. The molecule has 1 rings (SSSR count). The third-order valence-electron chi connectivity index (χ3n) is 3.99. The van der Waals surface area contributed by atoms with Crippen LogP contribution in [-0.4, -0.2) is 12.9 Å². The molecule has 0 heterocycles. The lowest BCUT2D eigenvalue weighted by atomic mass is 9.78. The number of ether oxygens (including phenoxy) is 1. The van der Waals surface area contributed by atoms with E-state index >= 15 is 0 Å². The molecular formula is C19H30N2O2. The van der Waals surface area contributed by atoms with Gasteiger partial charge in [0.25, 0.3) is 0 Å². The van der Waals surface area contributed by atoms with Crippen molar-refractivity contribution in [2.45, 2.75) is 59.3 Å². The minimum atomic E-state index is -0.196. The second-order valence-corrected chi connectivity index (χ2v) is 8.01. The van der Waals surface area contributed by atoms with Crippen LogP contribution >= 0.6 is 0 Å². The van der Waals surface area contributed by atoms with E-state index in [0.717, 1.165) is 11.1 Å². The summed E-state index contributed by atoms with van der Waals surface area (Å²) in [7, 11) is 1.59. The van der Waals surface area contributed by atoms with Gasteiger partial charge in [-0.1, -0.05) is 47.6 Å². The highest BCUT2D eigenvalue weighted by Gasteiger charge is 2.28. The van der Waals surface area contributed by atoms with Crippen LogP contribution in [0.2, 0.25) is 0 Å². The number of rotatable bonds is 3. The lowest BCUT2D eigenvalue weighted by Gasteiger charge is -2.28. The van der Waals surface area contributed by atoms with Crippen LogP contribution in [0.1, 0.15) is 70.0 Å². The van der Waals surface area contributed by atoms with Crippen molar-refractivity contribution < 1.29 is 9.53 Å². The minimum absolute atomic E-state index is 0.0375. The summed E-state index contributed by atoms with van der Waals surface area (Å²) in [5, 5.41) is 0. The molecular weight excluding hydrogens is 288 g/mol. The molecule has 0 bridgehead atoms. The molecule has 1 aromatic rings. The van der Waals surface area contributed by atoms with E-state index in [0.29, 0.717) is 16.9 Å². The van der Waals surface area contributed by atoms with Gasteiger partial charge in [-0.15, -0.1) is 0 Å². The van der Waals surface area contributed by atoms with Crippen LogP contribution in [0.25, 0.3) is 0 Å². The molecule has 0 atom stereocenters. The van der Waals surface area contributed by atoms with Crippen molar-refractivity contribution in [3.63, 3.8) is 0 Å². The zero-order valence-electron chi connectivity index (χ0n) is 15.6. The molecule has 0 spiro atoms. The Kier molecular flexibility index (Phi) is 5.20. The van der Waals surface area contributed by atoms with Gasteiger partial charge in [-0.3, -0.25) is 4.79 Å². The average Bonchev–Trinajstić information content (AvgIpc) is 2.41. The van der Waals surface area contributed by atoms with Crippen LogP contribution in [0, 0.1) is 0 Å². The monoisotopic (exact) mass is 318 g/mol. The summed E-state index contributed by atoms with van der Waals surface area (Å²) in [4.78, 5) is 12.8. The van der Waals surface area contributed by atoms with E-state index in [1.807, 2.05) is 6.07 Å². The predicted octanol–water partition coefficient (Wildman–Crippen LogP) is 3.62. The Morgan fingerprint density at radius 2 is 1.52 bits per heavy atom. The van der Waals surface area contributed by atoms with Gasteiger partial charge in [0.05, 0.1) is 12.7 Å². The van der Waals surface area contributed by atoms with E-state index in [-0.39, 0.29) is 22.4 Å². The number of hydrogen-bond donors (Lipinski definition) is 2. The Morgan fingerprint density at radius 1 is 1.00 bits per heavy atom. The van der Waals surface area contributed by atoms with E-state index in [4.69, 9.17) is 16.2 Å². The molecule has 0 aliphatic rings. The number of carbonyl (C=O) groups is 1. The first-order valence-electron chi connectivity index (χ1n) is 7.80. The molecule has 128 valence electrons. The Balaban J connectivity index is 3.81. The van der Waals surface area contributed by atoms with Gasteiger partial charge in [0, 0.05) is 11.1 Å². The van der Waals surface area contributed by atoms with Crippen molar-refractivity contribution in [3.8, 4) is 5.75 Å². The molecule has 4 nitrogen and oxygen atoms in total. The largest absolute Gasteiger partial charge is 0.496 e. The van der Waals surface area contributed by atoms with E-state index in [1.54, 1.807) is 14.0 Å². The zero-order valence-corrected chi connectivity index (χ0v) is 15.6. The number of ketones is 1. The first-order valence-corrected chi connectivity index (χ1v) is 7.80. The first-order chi connectivity index (χ1) is 10.3. The topological polar surface area (TPSA) is 78.3 Å². The van der Waals surface area contributed by atoms with Crippen molar-refractivity contribution in [2.24, 2.45) is 11.5 Å². The Labute approximate surface area is 139 Å². The van der Waals surface area contributed by atoms with Gasteiger partial charge in [-0.2, -0.15) is 0 Å². The molecule has 0 aromatic heterocycles. The maximum atomic E-state index is 12.8. The number of benzene rings is 1. The zero-order chi connectivity index (χ0) is 18.2. The standard InChI is InChI=1S/C19H30N2O2/c1-11(17(20)21)15(22)13-9-12(18(2,3)4)10-14(16(13)23-8)19(5,6)7/h9-10H,20-21H2,1-8H3. The molecule has 4 N–H and O–H groups in total. The van der Waals surface area contributed by atoms with E-state index in [2.05, 4.69) is 47.6 Å². The Hall–Kier alpha value is -1.97. The SMILES string of the molecule is COc1c(C(=O)C(C)=C(N)N)cc(C(C)(C)C)cc1C(C)(C)C. The van der Waals surface area contributed by atoms with E-state index in [9.17, 15) is 4.79 Å². The average molecular weight is 318 g/mol. The quantitative estimate of drug-likeness (QED) is 0.659. The highest BCUT2D eigenvalue weighted by Crippen LogP contribution is 2.39. The van der Waals surface area contributed by atoms with Crippen LogP contribution < -0.4 is 16.2 Å². The van der Waals surface area contributed by atoms with Gasteiger partial charge < -0.3 is 16.2 Å². The first kappa shape index (κ1) is 19.1. The van der Waals surface area contributed by atoms with Gasteiger partial charge in [0.15, 0.2) is 5.78 Å². The molecule has 23 heavy (non-hydrogen) atoms. The van der Waals surface area contributed by atoms with Crippen LogP contribution in [0.5, 0.6) is 5.75 Å². The van der Waals surface area contributed by atoms with Crippen molar-refractivity contribution in [1.29, 1.82) is 0 Å². The normalized spacial score (nSPS) is 12.0. The van der Waals surface area contributed by atoms with Gasteiger partial charge in [0.2, 0.25) is 0 Å². The van der Waals surface area contributed by atoms with Crippen LogP contribution in [-0.2, 0) is 10.8 Å². The second-order valence-electron chi connectivity index (χ2n) is 8.01. The molecule has 1 aromatic carbocycles. The molecule has 4 heteroatoms. The van der Waals surface area contributed by atoms with Crippen molar-refractivity contribution in [2.75, 3.05) is 7.11 Å². The van der Waals surface area contributed by atoms with Gasteiger partial charge in [0.1, 0.15) is 11.6 Å². The maximum absolute atomic E-state index is 12.8. The number of nitrogens with two attached hydrogens (primary N) is 2. The molecule has 0 aliphatic heterocycles. The molecule has 0 unspecified atom stereocenters. The van der Waals surface area contributed by atoms with Crippen molar-refractivity contribution in [3.05, 3.63) is 40.2 Å². The number of allylic oxidation sites excluding steroid dienone is 1. The molecule has 0 saturated carbocycles. The highest BCUT2D eigenvalue weighted by molar-refractivity contribution is 6.10. The van der Waals surface area contributed by atoms with Crippen LogP contribution in [0.3, 0.4) is 0 Å². The third kappa shape index (κ3) is 4.06. The fourth-order valence-electron chi connectivity index (χ4n) is 2.34. The molecule has 0 saturated heterocycles. The van der Waals surface area contributed by atoms with Gasteiger partial charge in [-0.05, 0) is 29.4 Å². The summed E-state index contributed by atoms with van der Waals surface area (Å²) in [5.41, 5.74) is 13.9. The molecule has 0 amide bonds. The number of methoxy groups -OCH3 is 1. The third-order valence-corrected chi connectivity index (χ3v) is 3.99. The maximum Gasteiger partial charge on any atom is 0.196 e. The smallest absolute Gasteiger partial charge is 0.196 e. The number of carbonyl (C=O) groups excluding carboxylic acids is 1. The lowest BCUT2D eigenvalue weighted by molar-refractivity contribution is 0.103. The van der Waals surface area contributed by atoms with Crippen LogP contribution in [0.15, 0.2) is 23.5 Å². The molecule has 0 radical (unpaired) electrons. The number of Topliss-reactive ketones (excluding diaryl/α,β-unsaturated/α-hetero) is 1. The van der Waals surface area contributed by atoms with Crippen molar-refractivity contribution in [1.82, 2.24) is 0 Å². The summed E-state index contributed by atoms with van der Waals surface area (Å²) in [6, 6.07) is 4.02. The lowest BCUT2D eigenvalue weighted by Crippen LogP contribution is -2.21. The summed E-state index contributed by atoms with van der Waals surface area (Å²) in [6.45, 7) is 14.3. The molecule has 0 aliphatic carbocycles. The molecule has 0 fully saturated rings. The highest BCUT2D eigenvalue weighted by atomic mass is 16.5. The summed E-state index contributed by atoms with van der Waals surface area (Å²) in [6.07, 6.45) is 0. The summed E-state index contributed by atoms with van der Waals surface area (Å²) in [5.74, 6) is 0.435. The van der Waals surface area contributed by atoms with E-state index < -0.39 is 0 Å². The van der Waals surface area contributed by atoms with Crippen molar-refractivity contribution >= 4 is 5.78 Å². The second kappa shape index (κ2) is 6.26. The van der Waals surface area contributed by atoms with Gasteiger partial charge >= 0.3 is 0 Å². The summed E-state index contributed by atoms with van der Waals surface area (Å²) < 4.78 is 5.60. The summed E-state index contributed by atoms with van der Waals surface area (Å²) >= 11 is 0. The minimum Gasteiger partial charge on any atom is -0.496 e. The van der Waals surface area contributed by atoms with Gasteiger partial charge in [-0.25, -0.2) is 0 Å². The van der Waals surface area contributed by atoms with Crippen LogP contribution in [0.4, 0.5) is 0 Å². The fraction of sp³-hybridized carbons (Fsp3) is 0.526. The predicted molar refractivity (Wildman–Crippen MR) is 95.8 cm³/mol. The fourth-order valence-corrected chi connectivity index (χ4v) is 2.34.